The van der Waals surface area contributed by atoms with Gasteiger partial charge in [-0.1, -0.05) is 51.8 Å². The van der Waals surface area contributed by atoms with E-state index >= 15 is 0 Å². The number of carbonyl (C=O) groups excluding carboxylic acids is 1. The van der Waals surface area contributed by atoms with Crippen LogP contribution in [0.5, 0.6) is 0 Å². The number of aromatic nitrogens is 2. The summed E-state index contributed by atoms with van der Waals surface area (Å²) in [6.45, 7) is 0. The highest BCUT2D eigenvalue weighted by molar-refractivity contribution is 9.10. The predicted molar refractivity (Wildman–Crippen MR) is 130 cm³/mol. The van der Waals surface area contributed by atoms with Crippen LogP contribution in [0.3, 0.4) is 0 Å². The molecule has 0 saturated carbocycles. The van der Waals surface area contributed by atoms with Crippen LogP contribution in [0.25, 0.3) is 16.9 Å². The third-order valence-corrected chi connectivity index (χ3v) is 5.53. The number of hydrogen-bond acceptors (Lipinski definition) is 5. The molecule has 0 aliphatic heterocycles. The Bertz CT molecular complexity index is 1350. The van der Waals surface area contributed by atoms with E-state index < -0.39 is 10.8 Å². The van der Waals surface area contributed by atoms with Gasteiger partial charge in [-0.25, -0.2) is 10.1 Å². The van der Waals surface area contributed by atoms with Crippen LogP contribution in [0.4, 0.5) is 5.69 Å². The van der Waals surface area contributed by atoms with E-state index in [-0.39, 0.29) is 5.69 Å². The third kappa shape index (κ3) is 5.16. The van der Waals surface area contributed by atoms with Crippen molar-refractivity contribution in [3.8, 4) is 16.9 Å². The number of nitro groups is 1. The van der Waals surface area contributed by atoms with Gasteiger partial charge >= 0.3 is 0 Å². The van der Waals surface area contributed by atoms with Crippen LogP contribution in [-0.2, 0) is 0 Å². The lowest BCUT2D eigenvalue weighted by Gasteiger charge is -2.02. The zero-order chi connectivity index (χ0) is 23.4. The third-order valence-electron chi connectivity index (χ3n) is 4.67. The fourth-order valence-corrected chi connectivity index (χ4v) is 3.53. The molecule has 1 aromatic heterocycles. The Labute approximate surface area is 201 Å². The van der Waals surface area contributed by atoms with Crippen molar-refractivity contribution in [1.82, 2.24) is 15.2 Å². The molecule has 3 aromatic carbocycles. The number of amides is 1. The van der Waals surface area contributed by atoms with Gasteiger partial charge in [-0.15, -0.1) is 0 Å². The zero-order valence-electron chi connectivity index (χ0n) is 16.9. The van der Waals surface area contributed by atoms with E-state index in [1.54, 1.807) is 47.3 Å². The van der Waals surface area contributed by atoms with Crippen molar-refractivity contribution < 1.29 is 9.72 Å². The summed E-state index contributed by atoms with van der Waals surface area (Å²) in [6, 6.07) is 20.3. The van der Waals surface area contributed by atoms with Crippen LogP contribution in [0.1, 0.15) is 15.9 Å². The molecule has 10 heteroatoms. The lowest BCUT2D eigenvalue weighted by atomic mass is 10.1. The van der Waals surface area contributed by atoms with E-state index in [0.717, 1.165) is 10.0 Å². The van der Waals surface area contributed by atoms with Gasteiger partial charge in [0.1, 0.15) is 5.69 Å². The van der Waals surface area contributed by atoms with E-state index in [4.69, 9.17) is 11.6 Å². The Morgan fingerprint density at radius 3 is 2.45 bits per heavy atom. The lowest BCUT2D eigenvalue weighted by Crippen LogP contribution is -2.17. The molecular weight excluding hydrogens is 510 g/mol. The number of rotatable bonds is 6. The van der Waals surface area contributed by atoms with Gasteiger partial charge in [0.25, 0.3) is 11.6 Å². The first-order valence-electron chi connectivity index (χ1n) is 9.61. The molecule has 0 aliphatic carbocycles. The molecule has 164 valence electrons. The van der Waals surface area contributed by atoms with Gasteiger partial charge in [0.2, 0.25) is 0 Å². The number of non-ortho nitro benzene ring substituents is 1. The molecule has 0 unspecified atom stereocenters. The summed E-state index contributed by atoms with van der Waals surface area (Å²) in [6.07, 6.45) is 3.21. The molecule has 0 atom stereocenters. The number of halogens is 2. The smallest absolute Gasteiger partial charge is 0.267 e. The van der Waals surface area contributed by atoms with Crippen molar-refractivity contribution in [3.05, 3.63) is 110 Å². The fourth-order valence-electron chi connectivity index (χ4n) is 3.04. The van der Waals surface area contributed by atoms with Crippen LogP contribution in [0.15, 0.2) is 88.6 Å². The first kappa shape index (κ1) is 22.4. The summed E-state index contributed by atoms with van der Waals surface area (Å²) < 4.78 is 2.52. The normalized spacial score (nSPS) is 11.0. The summed E-state index contributed by atoms with van der Waals surface area (Å²) in [5.41, 5.74) is 5.50. The minimum atomic E-state index is -0.458. The standard InChI is InChI=1S/C23H15BrClN5O3/c24-17-7-5-15(6-8-17)22-16(13-26-27-23(31)20-3-1-2-4-21(20)25)14-29(28-22)18-9-11-19(12-10-18)30(32)33/h1-14H,(H,27,31)/b26-13+. The van der Waals surface area contributed by atoms with Crippen LogP contribution < -0.4 is 5.43 Å². The lowest BCUT2D eigenvalue weighted by molar-refractivity contribution is -0.384. The Kier molecular flexibility index (Phi) is 6.62. The number of nitro benzene ring substituents is 1. The van der Waals surface area contributed by atoms with Crippen molar-refractivity contribution in [2.24, 2.45) is 5.10 Å². The van der Waals surface area contributed by atoms with Crippen molar-refractivity contribution in [3.63, 3.8) is 0 Å². The predicted octanol–water partition coefficient (Wildman–Crippen LogP) is 5.63. The molecule has 0 radical (unpaired) electrons. The maximum Gasteiger partial charge on any atom is 0.272 e. The molecule has 1 amide bonds. The average molecular weight is 525 g/mol. The molecule has 4 rings (SSSR count). The second-order valence-corrected chi connectivity index (χ2v) is 8.16. The summed E-state index contributed by atoms with van der Waals surface area (Å²) in [4.78, 5) is 22.8. The van der Waals surface area contributed by atoms with Gasteiger partial charge in [0, 0.05) is 33.9 Å². The van der Waals surface area contributed by atoms with E-state index in [9.17, 15) is 14.9 Å². The zero-order valence-corrected chi connectivity index (χ0v) is 19.2. The molecule has 0 spiro atoms. The number of hydrazone groups is 1. The Hall–Kier alpha value is -3.82. The quantitative estimate of drug-likeness (QED) is 0.201. The molecule has 4 aromatic rings. The molecule has 1 heterocycles. The van der Waals surface area contributed by atoms with Crippen molar-refractivity contribution in [2.45, 2.75) is 0 Å². The Morgan fingerprint density at radius 1 is 1.09 bits per heavy atom. The number of benzene rings is 3. The molecule has 0 aliphatic rings. The number of nitrogens with zero attached hydrogens (tertiary/aromatic N) is 4. The fraction of sp³-hybridized carbons (Fsp3) is 0. The highest BCUT2D eigenvalue weighted by Crippen LogP contribution is 2.25. The molecule has 8 nitrogen and oxygen atoms in total. The molecule has 0 fully saturated rings. The van der Waals surface area contributed by atoms with E-state index in [0.29, 0.717) is 27.5 Å². The van der Waals surface area contributed by atoms with Gasteiger partial charge < -0.3 is 0 Å². The van der Waals surface area contributed by atoms with Crippen molar-refractivity contribution >= 4 is 45.3 Å². The number of carbonyl (C=O) groups is 1. The van der Waals surface area contributed by atoms with Gasteiger partial charge in [0.15, 0.2) is 0 Å². The largest absolute Gasteiger partial charge is 0.272 e. The van der Waals surface area contributed by atoms with Gasteiger partial charge in [-0.3, -0.25) is 14.9 Å². The van der Waals surface area contributed by atoms with Crippen LogP contribution in [0, 0.1) is 10.1 Å². The minimum absolute atomic E-state index is 0.0110. The minimum Gasteiger partial charge on any atom is -0.267 e. The summed E-state index contributed by atoms with van der Waals surface area (Å²) >= 11 is 9.48. The summed E-state index contributed by atoms with van der Waals surface area (Å²) in [7, 11) is 0. The summed E-state index contributed by atoms with van der Waals surface area (Å²) in [5.74, 6) is -0.440. The van der Waals surface area contributed by atoms with Gasteiger partial charge in [-0.2, -0.15) is 10.2 Å². The number of hydrogen-bond donors (Lipinski definition) is 1. The second-order valence-electron chi connectivity index (χ2n) is 6.84. The Balaban J connectivity index is 1.66. The van der Waals surface area contributed by atoms with E-state index in [1.165, 1.54) is 18.3 Å². The van der Waals surface area contributed by atoms with Gasteiger partial charge in [0.05, 0.1) is 27.4 Å². The monoisotopic (exact) mass is 523 g/mol. The summed E-state index contributed by atoms with van der Waals surface area (Å²) in [5, 5.41) is 20.0. The topological polar surface area (TPSA) is 102 Å². The SMILES string of the molecule is O=C(N/N=C/c1cn(-c2ccc([N+](=O)[O-])cc2)nc1-c1ccc(Br)cc1)c1ccccc1Cl. The average Bonchev–Trinajstić information content (AvgIpc) is 3.24. The molecule has 0 saturated heterocycles. The number of nitrogens with one attached hydrogen (secondary N) is 1. The molecule has 33 heavy (non-hydrogen) atoms. The second kappa shape index (κ2) is 9.76. The molecule has 1 N–H and O–H groups in total. The maximum atomic E-state index is 12.4. The molecular formula is C23H15BrClN5O3. The van der Waals surface area contributed by atoms with Crippen molar-refractivity contribution in [2.75, 3.05) is 0 Å². The van der Waals surface area contributed by atoms with Crippen molar-refractivity contribution in [1.29, 1.82) is 0 Å². The van der Waals surface area contributed by atoms with Gasteiger partial charge in [-0.05, 0) is 36.4 Å². The van der Waals surface area contributed by atoms with Crippen LogP contribution >= 0.6 is 27.5 Å². The van der Waals surface area contributed by atoms with E-state index in [2.05, 4.69) is 31.6 Å². The highest BCUT2D eigenvalue weighted by Gasteiger charge is 2.13. The first-order valence-corrected chi connectivity index (χ1v) is 10.8. The van der Waals surface area contributed by atoms with E-state index in [1.807, 2.05) is 24.3 Å². The highest BCUT2D eigenvalue weighted by atomic mass is 79.9. The van der Waals surface area contributed by atoms with Crippen LogP contribution in [0.2, 0.25) is 5.02 Å². The van der Waals surface area contributed by atoms with Crippen LogP contribution in [-0.4, -0.2) is 26.8 Å². The Morgan fingerprint density at radius 2 is 1.79 bits per heavy atom. The first-order chi connectivity index (χ1) is 15.9. The molecule has 0 bridgehead atoms. The maximum absolute atomic E-state index is 12.4.